The Balaban J connectivity index is 1.50. The number of hydrogen-bond acceptors (Lipinski definition) is 10. The van der Waals surface area contributed by atoms with Gasteiger partial charge in [-0.15, -0.1) is 5.10 Å². The number of amides is 1. The molecular formula is C29H27ClFN5O8. The van der Waals surface area contributed by atoms with E-state index < -0.39 is 49.0 Å². The molecule has 1 atom stereocenters. The predicted octanol–water partition coefficient (Wildman–Crippen LogP) is 3.20. The Morgan fingerprint density at radius 3 is 2.50 bits per heavy atom. The van der Waals surface area contributed by atoms with Crippen LogP contribution in [0.25, 0.3) is 16.8 Å². The van der Waals surface area contributed by atoms with E-state index in [0.717, 1.165) is 4.68 Å². The Hall–Kier alpha value is -5.05. The third-order valence-electron chi connectivity index (χ3n) is 5.97. The fraction of sp³-hybridized carbons (Fsp3) is 0.207. The summed E-state index contributed by atoms with van der Waals surface area (Å²) in [5.74, 6) is -2.80. The SMILES string of the molecule is CCOC(=O)OCOC(=O)[C@H](O)CN(Cc1ccc(-c2cc(Cl)ccc2F)cc1)NC(=O)c1nn(-c2ccccc2)c(=O)[nH]1. The maximum Gasteiger partial charge on any atom is 0.511 e. The number of nitrogens with one attached hydrogen (secondary N) is 2. The quantitative estimate of drug-likeness (QED) is 0.121. The Bertz CT molecular complexity index is 1660. The molecule has 0 radical (unpaired) electrons. The minimum Gasteiger partial charge on any atom is -0.435 e. The molecule has 0 fully saturated rings. The monoisotopic (exact) mass is 627 g/mol. The highest BCUT2D eigenvalue weighted by atomic mass is 35.5. The number of aliphatic hydroxyl groups is 1. The summed E-state index contributed by atoms with van der Waals surface area (Å²) < 4.78 is 29.2. The van der Waals surface area contributed by atoms with E-state index in [4.69, 9.17) is 16.3 Å². The van der Waals surface area contributed by atoms with Crippen LogP contribution in [0.2, 0.25) is 5.02 Å². The topological polar surface area (TPSA) is 165 Å². The molecule has 15 heteroatoms. The first-order valence-electron chi connectivity index (χ1n) is 13.1. The van der Waals surface area contributed by atoms with Crippen molar-refractivity contribution in [3.63, 3.8) is 0 Å². The lowest BCUT2D eigenvalue weighted by molar-refractivity contribution is -0.164. The van der Waals surface area contributed by atoms with Gasteiger partial charge in [-0.05, 0) is 48.4 Å². The molecule has 0 saturated heterocycles. The highest BCUT2D eigenvalue weighted by Gasteiger charge is 2.24. The van der Waals surface area contributed by atoms with Gasteiger partial charge in [0.1, 0.15) is 5.82 Å². The average Bonchev–Trinajstić information content (AvgIpc) is 3.41. The molecule has 0 aliphatic carbocycles. The van der Waals surface area contributed by atoms with E-state index in [1.807, 2.05) is 0 Å². The van der Waals surface area contributed by atoms with Crippen LogP contribution in [-0.4, -0.2) is 69.0 Å². The lowest BCUT2D eigenvalue weighted by Crippen LogP contribution is -2.48. The van der Waals surface area contributed by atoms with Crippen LogP contribution in [0.3, 0.4) is 0 Å². The minimum atomic E-state index is -1.80. The van der Waals surface area contributed by atoms with Crippen LogP contribution in [0.4, 0.5) is 9.18 Å². The normalized spacial score (nSPS) is 11.6. The summed E-state index contributed by atoms with van der Waals surface area (Å²) in [7, 11) is 0. The Morgan fingerprint density at radius 2 is 1.80 bits per heavy atom. The number of rotatable bonds is 12. The van der Waals surface area contributed by atoms with Gasteiger partial charge < -0.3 is 19.3 Å². The van der Waals surface area contributed by atoms with Gasteiger partial charge in [0.05, 0.1) is 18.8 Å². The fourth-order valence-corrected chi connectivity index (χ4v) is 4.09. The van der Waals surface area contributed by atoms with Crippen molar-refractivity contribution in [1.82, 2.24) is 25.2 Å². The second-order valence-corrected chi connectivity index (χ2v) is 9.53. The molecule has 13 nitrogen and oxygen atoms in total. The number of halogens is 2. The van der Waals surface area contributed by atoms with Crippen LogP contribution in [-0.2, 0) is 25.5 Å². The Kier molecular flexibility index (Phi) is 10.8. The molecule has 4 rings (SSSR count). The van der Waals surface area contributed by atoms with Gasteiger partial charge in [-0.2, -0.15) is 4.68 Å². The third kappa shape index (κ3) is 8.50. The van der Waals surface area contributed by atoms with Crippen LogP contribution < -0.4 is 11.1 Å². The number of hydrazine groups is 1. The number of esters is 1. The molecule has 3 N–H and O–H groups in total. The Labute approximate surface area is 254 Å². The van der Waals surface area contributed by atoms with Gasteiger partial charge in [-0.3, -0.25) is 15.2 Å². The molecule has 0 saturated carbocycles. The van der Waals surface area contributed by atoms with Gasteiger partial charge in [-0.25, -0.2) is 23.8 Å². The molecule has 1 aromatic heterocycles. The number of hydrogen-bond donors (Lipinski definition) is 3. The highest BCUT2D eigenvalue weighted by Crippen LogP contribution is 2.26. The summed E-state index contributed by atoms with van der Waals surface area (Å²) >= 11 is 6.01. The number of aromatic amines is 1. The number of benzene rings is 3. The zero-order chi connectivity index (χ0) is 31.6. The van der Waals surface area contributed by atoms with E-state index in [2.05, 4.69) is 25.0 Å². The van der Waals surface area contributed by atoms with Crippen molar-refractivity contribution >= 4 is 29.6 Å². The molecule has 230 valence electrons. The summed E-state index contributed by atoms with van der Waals surface area (Å²) in [5, 5.41) is 16.1. The van der Waals surface area contributed by atoms with E-state index >= 15 is 0 Å². The van der Waals surface area contributed by atoms with Gasteiger partial charge in [0, 0.05) is 17.1 Å². The van der Waals surface area contributed by atoms with Crippen LogP contribution in [0.15, 0.2) is 77.6 Å². The van der Waals surface area contributed by atoms with Crippen molar-refractivity contribution in [2.24, 2.45) is 0 Å². The number of carbonyl (C=O) groups is 3. The number of para-hydroxylation sites is 1. The molecule has 0 bridgehead atoms. The summed E-state index contributed by atoms with van der Waals surface area (Å²) in [6.45, 7) is 0.259. The van der Waals surface area contributed by atoms with Crippen LogP contribution in [0.1, 0.15) is 23.1 Å². The first kappa shape index (κ1) is 31.9. The van der Waals surface area contributed by atoms with Crippen molar-refractivity contribution < 1.29 is 38.1 Å². The van der Waals surface area contributed by atoms with Gasteiger partial charge in [-0.1, -0.05) is 54.1 Å². The average molecular weight is 628 g/mol. The van der Waals surface area contributed by atoms with Gasteiger partial charge >= 0.3 is 23.7 Å². The molecule has 1 amide bonds. The molecule has 44 heavy (non-hydrogen) atoms. The van der Waals surface area contributed by atoms with Gasteiger partial charge in [0.15, 0.2) is 6.10 Å². The zero-order valence-electron chi connectivity index (χ0n) is 23.2. The number of aliphatic hydroxyl groups excluding tert-OH is 1. The molecule has 3 aromatic carbocycles. The molecule has 0 unspecified atom stereocenters. The number of ether oxygens (including phenoxy) is 3. The summed E-state index contributed by atoms with van der Waals surface area (Å²) in [4.78, 5) is 51.5. The van der Waals surface area contributed by atoms with Crippen molar-refractivity contribution in [2.45, 2.75) is 19.6 Å². The van der Waals surface area contributed by atoms with Crippen molar-refractivity contribution in [3.05, 3.63) is 106 Å². The number of carbonyl (C=O) groups excluding carboxylic acids is 3. The lowest BCUT2D eigenvalue weighted by atomic mass is 10.0. The smallest absolute Gasteiger partial charge is 0.435 e. The van der Waals surface area contributed by atoms with Crippen molar-refractivity contribution in [3.8, 4) is 16.8 Å². The van der Waals surface area contributed by atoms with Gasteiger partial charge in [0.25, 0.3) is 0 Å². The fourth-order valence-electron chi connectivity index (χ4n) is 3.92. The predicted molar refractivity (Wildman–Crippen MR) is 154 cm³/mol. The minimum absolute atomic E-state index is 0.0495. The summed E-state index contributed by atoms with van der Waals surface area (Å²) in [6, 6.07) is 19.2. The molecule has 1 heterocycles. The number of H-pyrrole nitrogens is 1. The molecular weight excluding hydrogens is 601 g/mol. The highest BCUT2D eigenvalue weighted by molar-refractivity contribution is 6.30. The molecule has 0 aliphatic rings. The van der Waals surface area contributed by atoms with Gasteiger partial charge in [0.2, 0.25) is 12.6 Å². The third-order valence-corrected chi connectivity index (χ3v) is 6.20. The van der Waals surface area contributed by atoms with Crippen molar-refractivity contribution in [2.75, 3.05) is 19.9 Å². The van der Waals surface area contributed by atoms with E-state index in [0.29, 0.717) is 21.8 Å². The van der Waals surface area contributed by atoms with Crippen molar-refractivity contribution in [1.29, 1.82) is 0 Å². The maximum absolute atomic E-state index is 14.3. The second kappa shape index (κ2) is 14.9. The first-order valence-corrected chi connectivity index (χ1v) is 13.5. The number of nitrogens with zero attached hydrogens (tertiary/aromatic N) is 3. The maximum atomic E-state index is 14.3. The van der Waals surface area contributed by atoms with E-state index in [1.165, 1.54) is 23.2 Å². The molecule has 0 spiro atoms. The molecule has 0 aliphatic heterocycles. The Morgan fingerprint density at radius 1 is 1.07 bits per heavy atom. The van der Waals surface area contributed by atoms with Crippen LogP contribution in [0, 0.1) is 5.82 Å². The van der Waals surface area contributed by atoms with Crippen LogP contribution in [0.5, 0.6) is 0 Å². The summed E-state index contributed by atoms with van der Waals surface area (Å²) in [5.41, 5.74) is 3.68. The first-order chi connectivity index (χ1) is 21.1. The zero-order valence-corrected chi connectivity index (χ0v) is 24.0. The van der Waals surface area contributed by atoms with E-state index in [1.54, 1.807) is 61.5 Å². The standard InChI is InChI=1S/C29H27ClFN5O8/c1-2-42-29(41)44-17-43-27(39)24(37)16-35(15-18-8-10-19(11-9-18)22-14-20(30)12-13-23(22)31)34-26(38)25-32-28(40)36(33-25)21-6-4-3-5-7-21/h3-14,24,37H,2,15-17H2,1H3,(H,34,38)(H,32,33,40)/t24-/m1/s1. The number of aromatic nitrogens is 3. The van der Waals surface area contributed by atoms with E-state index in [9.17, 15) is 28.7 Å². The van der Waals surface area contributed by atoms with Crippen LogP contribution >= 0.6 is 11.6 Å². The summed E-state index contributed by atoms with van der Waals surface area (Å²) in [6.07, 6.45) is -2.87. The lowest BCUT2D eigenvalue weighted by Gasteiger charge is -2.24. The molecule has 4 aromatic rings. The van der Waals surface area contributed by atoms with E-state index in [-0.39, 0.29) is 24.5 Å². The largest absolute Gasteiger partial charge is 0.511 e. The second-order valence-electron chi connectivity index (χ2n) is 9.09.